The smallest absolute Gasteiger partial charge is 0.429 e. The predicted octanol–water partition coefficient (Wildman–Crippen LogP) is 5.63. The summed E-state index contributed by atoms with van der Waals surface area (Å²) >= 11 is 0. The fourth-order valence-electron chi connectivity index (χ4n) is 3.87. The summed E-state index contributed by atoms with van der Waals surface area (Å²) in [5.74, 6) is -0.775. The van der Waals surface area contributed by atoms with Crippen LogP contribution in [0.5, 0.6) is 11.6 Å². The molecule has 241 valence electrons. The van der Waals surface area contributed by atoms with Gasteiger partial charge >= 0.3 is 12.4 Å². The van der Waals surface area contributed by atoms with E-state index in [1.807, 2.05) is 0 Å². The molecule has 10 nitrogen and oxygen atoms in total. The summed E-state index contributed by atoms with van der Waals surface area (Å²) in [4.78, 5) is 14.1. The van der Waals surface area contributed by atoms with E-state index in [4.69, 9.17) is 4.74 Å². The van der Waals surface area contributed by atoms with Crippen LogP contribution < -0.4 is 19.6 Å². The first-order valence-corrected chi connectivity index (χ1v) is 12.6. The van der Waals surface area contributed by atoms with Crippen molar-refractivity contribution in [2.45, 2.75) is 12.4 Å². The zero-order valence-corrected chi connectivity index (χ0v) is 25.9. The van der Waals surface area contributed by atoms with Gasteiger partial charge in [-0.3, -0.25) is 5.10 Å². The molecule has 4 heterocycles. The largest absolute Gasteiger partial charge is 0.510 e. The van der Waals surface area contributed by atoms with Crippen LogP contribution >= 0.6 is 0 Å². The molecule has 0 saturated carbocycles. The van der Waals surface area contributed by atoms with Crippen molar-refractivity contribution in [2.75, 3.05) is 23.9 Å². The first-order chi connectivity index (χ1) is 20.8. The minimum absolute atomic E-state index is 0. The Labute approximate surface area is 267 Å². The van der Waals surface area contributed by atoms with Gasteiger partial charge in [-0.2, -0.15) is 62.9 Å². The summed E-state index contributed by atoms with van der Waals surface area (Å²) in [6.45, 7) is 3.37. The molecule has 2 aromatic carbocycles. The van der Waals surface area contributed by atoms with Crippen molar-refractivity contribution in [1.29, 1.82) is 0 Å². The van der Waals surface area contributed by atoms with Gasteiger partial charge in [-0.1, -0.05) is 5.56 Å². The van der Waals surface area contributed by atoms with Gasteiger partial charge in [0.15, 0.2) is 0 Å². The molecule has 0 unspecified atom stereocenters. The third-order valence-electron chi connectivity index (χ3n) is 5.92. The number of rotatable bonds is 5. The number of hydrogen-bond donors (Lipinski definition) is 0. The number of aryl methyl sites for hydroxylation is 1. The van der Waals surface area contributed by atoms with E-state index in [9.17, 15) is 26.3 Å². The molecule has 0 aliphatic carbocycles. The van der Waals surface area contributed by atoms with E-state index in [1.165, 1.54) is 10.8 Å². The Morgan fingerprint density at radius 3 is 1.93 bits per heavy atom. The van der Waals surface area contributed by atoms with Gasteiger partial charge in [0.1, 0.15) is 11.6 Å². The van der Waals surface area contributed by atoms with Crippen molar-refractivity contribution in [1.82, 2.24) is 34.5 Å². The summed E-state index contributed by atoms with van der Waals surface area (Å²) in [6.07, 6.45) is -0.679. The predicted molar refractivity (Wildman–Crippen MR) is 146 cm³/mol. The van der Waals surface area contributed by atoms with Crippen LogP contribution in [0.2, 0.25) is 0 Å². The zero-order chi connectivity index (χ0) is 31.6. The standard InChI is InChI=1S/C15H14F3N4.C13H8F3N5O.Ir/c1-19-3-5-21(10-19)13-7-12(15(16,17)18)8-14(9-13)22-6-4-20(2)11-22;1-21-7-9(22-8-5-3-2-4-6-8)17-11(21)10-18-12(20-19-10)13(14,15)16;/h3-8,10-11H,1-2H3;2-5,7H,1H3;/q-3;-2;. The van der Waals surface area contributed by atoms with Crippen LogP contribution in [0.15, 0.2) is 67.4 Å². The molecule has 0 fully saturated rings. The number of aromatic nitrogens is 5. The summed E-state index contributed by atoms with van der Waals surface area (Å²) in [7, 11) is 5.20. The first kappa shape index (κ1) is 33.4. The number of nitrogens with zero attached hydrogens (tertiary/aromatic N) is 9. The van der Waals surface area contributed by atoms with Gasteiger partial charge in [0.2, 0.25) is 5.88 Å². The Balaban J connectivity index is 0.000000200. The topological polar surface area (TPSA) is 79.9 Å². The normalized spacial score (nSPS) is 14.5. The van der Waals surface area contributed by atoms with E-state index in [-0.39, 0.29) is 37.6 Å². The van der Waals surface area contributed by atoms with Crippen LogP contribution in [0.3, 0.4) is 0 Å². The Morgan fingerprint density at radius 2 is 1.47 bits per heavy atom. The Morgan fingerprint density at radius 1 is 0.844 bits per heavy atom. The molecule has 0 amide bonds. The number of anilines is 2. The van der Waals surface area contributed by atoms with Crippen LogP contribution in [-0.2, 0) is 39.5 Å². The van der Waals surface area contributed by atoms with Gasteiger partial charge in [-0.05, 0) is 38.9 Å². The maximum atomic E-state index is 13.1. The molecule has 6 rings (SSSR count). The number of halogens is 6. The van der Waals surface area contributed by atoms with Crippen LogP contribution in [0, 0.1) is 25.5 Å². The average Bonchev–Trinajstić information content (AvgIpc) is 3.76. The van der Waals surface area contributed by atoms with Crippen LogP contribution in [0.1, 0.15) is 11.4 Å². The molecular formula is C28H22F6IrN9O-5. The molecule has 0 saturated heterocycles. The van der Waals surface area contributed by atoms with Gasteiger partial charge in [-0.25, -0.2) is 0 Å². The molecular weight excluding hydrogens is 785 g/mol. The fraction of sp³-hybridized carbons (Fsp3) is 0.179. The molecule has 17 heteroatoms. The third-order valence-corrected chi connectivity index (χ3v) is 5.92. The molecule has 2 aliphatic rings. The molecule has 4 aromatic rings. The number of para-hydroxylation sites is 1. The van der Waals surface area contributed by atoms with E-state index in [0.29, 0.717) is 17.1 Å². The second-order valence-electron chi connectivity index (χ2n) is 9.41. The molecule has 2 aromatic heterocycles. The number of ether oxygens (including phenoxy) is 1. The Bertz CT molecular complexity index is 1610. The number of benzene rings is 2. The van der Waals surface area contributed by atoms with Crippen molar-refractivity contribution in [3.05, 3.63) is 104 Å². The maximum Gasteiger partial charge on any atom is 0.429 e. The van der Waals surface area contributed by atoms with Crippen molar-refractivity contribution in [3.63, 3.8) is 0 Å². The minimum atomic E-state index is -4.64. The van der Waals surface area contributed by atoms with E-state index >= 15 is 0 Å². The second-order valence-corrected chi connectivity index (χ2v) is 9.41. The number of hydrogen-bond acceptors (Lipinski definition) is 8. The van der Waals surface area contributed by atoms with Crippen molar-refractivity contribution >= 4 is 11.4 Å². The van der Waals surface area contributed by atoms with Gasteiger partial charge in [-0.15, -0.1) is 41.7 Å². The third kappa shape index (κ3) is 8.16. The molecule has 45 heavy (non-hydrogen) atoms. The average molecular weight is 807 g/mol. The van der Waals surface area contributed by atoms with Crippen LogP contribution in [0.4, 0.5) is 37.7 Å². The molecule has 0 bridgehead atoms. The van der Waals surface area contributed by atoms with Crippen molar-refractivity contribution in [3.8, 4) is 23.3 Å². The number of imidazole rings is 1. The quantitative estimate of drug-likeness (QED) is 0.189. The molecule has 1 radical (unpaired) electrons. The van der Waals surface area contributed by atoms with E-state index in [1.54, 1.807) is 103 Å². The van der Waals surface area contributed by atoms with Gasteiger partial charge < -0.3 is 39.0 Å². The van der Waals surface area contributed by atoms with Gasteiger partial charge in [0, 0.05) is 38.7 Å². The summed E-state index contributed by atoms with van der Waals surface area (Å²) < 4.78 is 83.8. The number of alkyl halides is 6. The van der Waals surface area contributed by atoms with Gasteiger partial charge in [0.05, 0.1) is 6.20 Å². The molecule has 0 spiro atoms. The van der Waals surface area contributed by atoms with E-state index in [0.717, 1.165) is 12.1 Å². The Kier molecular flexibility index (Phi) is 9.82. The summed E-state index contributed by atoms with van der Waals surface area (Å²) in [5, 5.41) is 6.42. The van der Waals surface area contributed by atoms with Crippen LogP contribution in [-0.4, -0.2) is 43.5 Å². The zero-order valence-electron chi connectivity index (χ0n) is 23.5. The fourth-order valence-corrected chi connectivity index (χ4v) is 3.87. The molecule has 0 atom stereocenters. The first-order valence-electron chi connectivity index (χ1n) is 12.6. The Hall–Kier alpha value is -4.50. The second kappa shape index (κ2) is 13.2. The van der Waals surface area contributed by atoms with Gasteiger partial charge in [0.25, 0.3) is 0 Å². The minimum Gasteiger partial charge on any atom is -0.510 e. The van der Waals surface area contributed by atoms with E-state index < -0.39 is 23.7 Å². The monoisotopic (exact) mass is 807 g/mol. The van der Waals surface area contributed by atoms with Crippen LogP contribution in [0.25, 0.3) is 11.6 Å². The van der Waals surface area contributed by atoms with E-state index in [2.05, 4.69) is 32.3 Å². The maximum absolute atomic E-state index is 13.1. The molecule has 2 aliphatic heterocycles. The molecule has 0 N–H and O–H groups in total. The SMILES string of the molecule is CN1C=CN(c2[c-]c(N3C=CN(C)[CH-]3)cc(C(F)(F)F)c2)[CH-]1.Cn1cc(Oc2[c-]cccc2)nc1-c1nc(C(F)(F)F)n[n-]1.[Ir]. The summed E-state index contributed by atoms with van der Waals surface area (Å²) in [5.41, 5.74) is -0.0347. The van der Waals surface area contributed by atoms with Crippen molar-refractivity contribution in [2.24, 2.45) is 7.05 Å². The van der Waals surface area contributed by atoms with Crippen molar-refractivity contribution < 1.29 is 51.2 Å². The summed E-state index contributed by atoms with van der Waals surface area (Å²) in [6, 6.07) is 14.9.